The molecular formula is C22H32O4. The number of hydrogen-bond acceptors (Lipinski definition) is 4. The Balaban J connectivity index is 1.95. The second-order valence-electron chi connectivity index (χ2n) is 9.70. The molecule has 1 spiro atoms. The highest BCUT2D eigenvalue weighted by Gasteiger charge is 2.73. The zero-order chi connectivity index (χ0) is 19.0. The van der Waals surface area contributed by atoms with E-state index in [2.05, 4.69) is 27.4 Å². The minimum absolute atomic E-state index is 0.0467. The molecule has 1 saturated heterocycles. The fourth-order valence-corrected chi connectivity index (χ4v) is 6.97. The Morgan fingerprint density at radius 2 is 1.73 bits per heavy atom. The molecule has 0 aromatic carbocycles. The van der Waals surface area contributed by atoms with Gasteiger partial charge in [0.25, 0.3) is 0 Å². The summed E-state index contributed by atoms with van der Waals surface area (Å²) in [6, 6.07) is 0. The van der Waals surface area contributed by atoms with Gasteiger partial charge >= 0.3 is 0 Å². The Morgan fingerprint density at radius 1 is 1.08 bits per heavy atom. The molecule has 1 heterocycles. The maximum Gasteiger partial charge on any atom is 0.172 e. The Labute approximate surface area is 156 Å². The number of carbonyl (C=O) groups is 2. The number of hydrogen-bond donors (Lipinski definition) is 0. The highest BCUT2D eigenvalue weighted by atomic mass is 16.7. The molecule has 2 bridgehead atoms. The van der Waals surface area contributed by atoms with Crippen molar-refractivity contribution < 1.29 is 19.1 Å². The Bertz CT molecular complexity index is 663. The van der Waals surface area contributed by atoms with Gasteiger partial charge in [-0.1, -0.05) is 26.8 Å². The van der Waals surface area contributed by atoms with Crippen molar-refractivity contribution in [1.29, 1.82) is 0 Å². The Morgan fingerprint density at radius 3 is 2.35 bits per heavy atom. The van der Waals surface area contributed by atoms with Gasteiger partial charge in [0, 0.05) is 30.1 Å². The zero-order valence-corrected chi connectivity index (χ0v) is 16.6. The zero-order valence-electron chi connectivity index (χ0n) is 16.6. The van der Waals surface area contributed by atoms with Crippen LogP contribution in [0.3, 0.4) is 0 Å². The van der Waals surface area contributed by atoms with Crippen molar-refractivity contribution in [3.8, 4) is 0 Å². The lowest BCUT2D eigenvalue weighted by Gasteiger charge is -2.59. The van der Waals surface area contributed by atoms with Crippen LogP contribution in [0.5, 0.6) is 0 Å². The summed E-state index contributed by atoms with van der Waals surface area (Å²) in [6.45, 7) is 13.4. The highest BCUT2D eigenvalue weighted by molar-refractivity contribution is 5.97. The Hall–Kier alpha value is -1.00. The number of Topliss-reactive ketones (excluding diaryl/α,β-unsaturated/α-hetero) is 2. The number of rotatable bonds is 1. The third-order valence-corrected chi connectivity index (χ3v) is 8.79. The van der Waals surface area contributed by atoms with Crippen LogP contribution in [0.25, 0.3) is 0 Å². The summed E-state index contributed by atoms with van der Waals surface area (Å²) >= 11 is 0. The molecule has 0 amide bonds. The maximum absolute atomic E-state index is 13.7. The van der Waals surface area contributed by atoms with E-state index in [9.17, 15) is 9.59 Å². The lowest BCUT2D eigenvalue weighted by atomic mass is 9.44. The predicted molar refractivity (Wildman–Crippen MR) is 98.4 cm³/mol. The molecule has 4 aliphatic rings. The van der Waals surface area contributed by atoms with Gasteiger partial charge in [0.05, 0.1) is 18.6 Å². The van der Waals surface area contributed by atoms with Crippen LogP contribution in [0.1, 0.15) is 59.8 Å². The van der Waals surface area contributed by atoms with Gasteiger partial charge in [-0.15, -0.1) is 6.58 Å². The quantitative estimate of drug-likeness (QED) is 0.665. The molecule has 26 heavy (non-hydrogen) atoms. The van der Waals surface area contributed by atoms with E-state index in [-0.39, 0.29) is 41.2 Å². The molecule has 3 saturated carbocycles. The third-order valence-electron chi connectivity index (χ3n) is 8.79. The third kappa shape index (κ3) is 1.98. The summed E-state index contributed by atoms with van der Waals surface area (Å²) in [4.78, 5) is 27.2. The summed E-state index contributed by atoms with van der Waals surface area (Å²) in [5.74, 6) is -0.252. The van der Waals surface area contributed by atoms with E-state index >= 15 is 0 Å². The van der Waals surface area contributed by atoms with Crippen LogP contribution in [-0.4, -0.2) is 30.6 Å². The average Bonchev–Trinajstić information content (AvgIpc) is 3.23. The van der Waals surface area contributed by atoms with E-state index in [4.69, 9.17) is 9.47 Å². The van der Waals surface area contributed by atoms with E-state index < -0.39 is 16.6 Å². The van der Waals surface area contributed by atoms with E-state index in [0.29, 0.717) is 13.2 Å². The lowest BCUT2D eigenvalue weighted by Crippen LogP contribution is -2.63. The first-order valence-corrected chi connectivity index (χ1v) is 10.2. The van der Waals surface area contributed by atoms with Gasteiger partial charge in [0.1, 0.15) is 11.6 Å². The first-order chi connectivity index (χ1) is 12.2. The van der Waals surface area contributed by atoms with Crippen LogP contribution < -0.4 is 0 Å². The normalized spacial score (nSPS) is 50.4. The highest BCUT2D eigenvalue weighted by Crippen LogP contribution is 2.71. The molecule has 0 aromatic heterocycles. The fraction of sp³-hybridized carbons (Fsp3) is 0.818. The fourth-order valence-electron chi connectivity index (χ4n) is 6.97. The predicted octanol–water partition coefficient (Wildman–Crippen LogP) is 3.93. The van der Waals surface area contributed by atoms with Crippen molar-refractivity contribution >= 4 is 11.6 Å². The molecule has 6 atom stereocenters. The smallest absolute Gasteiger partial charge is 0.172 e. The molecule has 4 heteroatoms. The lowest BCUT2D eigenvalue weighted by molar-refractivity contribution is -0.246. The van der Waals surface area contributed by atoms with Crippen LogP contribution in [-0.2, 0) is 19.1 Å². The molecular weight excluding hydrogens is 328 g/mol. The molecule has 4 fully saturated rings. The standard InChI is InChI=1S/C22H32O4/c1-6-19(4)13-16(23)20(5)14(2)7-8-21(15(3)17(19)24)9-10-22(18(20)21)25-11-12-26-22/h6,14-15,18H,1,7-13H2,2-5H3/t14-,15+,18?,19+,20+,21-/m1/s1. The molecule has 4 nitrogen and oxygen atoms in total. The minimum Gasteiger partial charge on any atom is -0.347 e. The van der Waals surface area contributed by atoms with Crippen molar-refractivity contribution in [2.24, 2.45) is 34.0 Å². The van der Waals surface area contributed by atoms with E-state index in [1.165, 1.54) is 0 Å². The van der Waals surface area contributed by atoms with Gasteiger partial charge in [-0.25, -0.2) is 0 Å². The van der Waals surface area contributed by atoms with E-state index in [1.807, 2.05) is 6.92 Å². The molecule has 1 unspecified atom stereocenters. The van der Waals surface area contributed by atoms with Crippen LogP contribution in [0, 0.1) is 34.0 Å². The number of ether oxygens (including phenoxy) is 2. The summed E-state index contributed by atoms with van der Waals surface area (Å²) in [6.07, 6.45) is 5.58. The topological polar surface area (TPSA) is 52.6 Å². The number of ketones is 2. The van der Waals surface area contributed by atoms with Gasteiger partial charge in [-0.05, 0) is 37.5 Å². The van der Waals surface area contributed by atoms with Crippen molar-refractivity contribution in [1.82, 2.24) is 0 Å². The van der Waals surface area contributed by atoms with Gasteiger partial charge in [-0.3, -0.25) is 9.59 Å². The number of carbonyl (C=O) groups excluding carboxylic acids is 2. The van der Waals surface area contributed by atoms with E-state index in [0.717, 1.165) is 25.7 Å². The summed E-state index contributed by atoms with van der Waals surface area (Å²) < 4.78 is 12.4. The van der Waals surface area contributed by atoms with Crippen LogP contribution in [0.2, 0.25) is 0 Å². The monoisotopic (exact) mass is 360 g/mol. The van der Waals surface area contributed by atoms with Gasteiger partial charge in [0.2, 0.25) is 0 Å². The molecule has 4 rings (SSSR count). The van der Waals surface area contributed by atoms with Gasteiger partial charge in [0.15, 0.2) is 5.79 Å². The summed E-state index contributed by atoms with van der Waals surface area (Å²) in [5, 5.41) is 0. The van der Waals surface area contributed by atoms with Crippen molar-refractivity contribution in [3.05, 3.63) is 12.7 Å². The molecule has 3 aliphatic carbocycles. The molecule has 0 N–H and O–H groups in total. The van der Waals surface area contributed by atoms with Gasteiger partial charge < -0.3 is 9.47 Å². The van der Waals surface area contributed by atoms with Crippen molar-refractivity contribution in [2.75, 3.05) is 13.2 Å². The molecule has 1 aliphatic heterocycles. The van der Waals surface area contributed by atoms with E-state index in [1.54, 1.807) is 6.08 Å². The minimum atomic E-state index is -0.778. The summed E-state index contributed by atoms with van der Waals surface area (Å²) in [5.41, 5.74) is -1.53. The molecule has 0 aromatic rings. The average molecular weight is 360 g/mol. The molecule has 0 radical (unpaired) electrons. The Kier molecular flexibility index (Phi) is 3.89. The second-order valence-corrected chi connectivity index (χ2v) is 9.70. The first kappa shape index (κ1) is 18.4. The van der Waals surface area contributed by atoms with Crippen LogP contribution in [0.4, 0.5) is 0 Å². The van der Waals surface area contributed by atoms with Crippen LogP contribution in [0.15, 0.2) is 12.7 Å². The van der Waals surface area contributed by atoms with Crippen molar-refractivity contribution in [2.45, 2.75) is 65.6 Å². The SMILES string of the molecule is C=C[C@@]1(C)CC(=O)[C@@]2(C)C3C4(CC[C@]3(CC[C@H]2C)[C@@H](C)C1=O)OCCO4. The summed E-state index contributed by atoms with van der Waals surface area (Å²) in [7, 11) is 0. The largest absolute Gasteiger partial charge is 0.347 e. The first-order valence-electron chi connectivity index (χ1n) is 10.2. The number of allylic oxidation sites excluding steroid dienone is 1. The van der Waals surface area contributed by atoms with Crippen LogP contribution >= 0.6 is 0 Å². The van der Waals surface area contributed by atoms with Crippen molar-refractivity contribution in [3.63, 3.8) is 0 Å². The van der Waals surface area contributed by atoms with Gasteiger partial charge in [-0.2, -0.15) is 0 Å². The second kappa shape index (κ2) is 5.51. The molecule has 144 valence electrons. The maximum atomic E-state index is 13.7.